The molecular formula is C13H10N2O2S. The van der Waals surface area contributed by atoms with Crippen LogP contribution in [0, 0.1) is 0 Å². The van der Waals surface area contributed by atoms with Crippen LogP contribution in [0.25, 0.3) is 10.9 Å². The molecule has 2 aromatic heterocycles. The smallest absolute Gasteiger partial charge is 0.221 e. The highest BCUT2D eigenvalue weighted by Crippen LogP contribution is 2.23. The van der Waals surface area contributed by atoms with Crippen molar-refractivity contribution in [2.75, 3.05) is 0 Å². The number of aromatic amines is 1. The molecule has 90 valence electrons. The van der Waals surface area contributed by atoms with E-state index in [1.165, 1.54) is 24.4 Å². The number of nitrogens with zero attached hydrogens (tertiary/aromatic N) is 1. The first kappa shape index (κ1) is 9.85. The van der Waals surface area contributed by atoms with Gasteiger partial charge >= 0.3 is 0 Å². The molecule has 0 aliphatic carbocycles. The fourth-order valence-electron chi connectivity index (χ4n) is 1.75. The van der Waals surface area contributed by atoms with E-state index < -0.39 is 9.84 Å². The van der Waals surface area contributed by atoms with Gasteiger partial charge in [-0.05, 0) is 24.3 Å². The molecule has 0 bridgehead atoms. The van der Waals surface area contributed by atoms with E-state index in [0.717, 1.165) is 4.98 Å². The Morgan fingerprint density at radius 3 is 2.67 bits per heavy atom. The number of hydrogen-bond donors (Lipinski definition) is 1. The fraction of sp³-hybridized carbons (Fsp3) is 0. The van der Waals surface area contributed by atoms with Gasteiger partial charge in [0.2, 0.25) is 9.84 Å². The number of pyridine rings is 1. The predicted octanol–water partition coefficient (Wildman–Crippen LogP) is 2.40. The van der Waals surface area contributed by atoms with Gasteiger partial charge < -0.3 is 4.98 Å². The minimum Gasteiger partial charge on any atom is -0.345 e. The van der Waals surface area contributed by atoms with Crippen molar-refractivity contribution < 1.29 is 9.83 Å². The van der Waals surface area contributed by atoms with E-state index in [9.17, 15) is 8.42 Å². The molecule has 5 heteroatoms. The van der Waals surface area contributed by atoms with Gasteiger partial charge in [0.15, 0.2) is 1.41 Å². The van der Waals surface area contributed by atoms with Crippen LogP contribution in [-0.4, -0.2) is 18.4 Å². The molecule has 0 aliphatic heterocycles. The molecule has 0 spiro atoms. The summed E-state index contributed by atoms with van der Waals surface area (Å²) in [6, 6.07) is 11.2. The van der Waals surface area contributed by atoms with Gasteiger partial charge in [-0.2, -0.15) is 0 Å². The number of hydrogen-bond acceptors (Lipinski definition) is 3. The molecule has 18 heavy (non-hydrogen) atoms. The van der Waals surface area contributed by atoms with Gasteiger partial charge in [0.1, 0.15) is 5.03 Å². The van der Waals surface area contributed by atoms with E-state index in [-0.39, 0.29) is 9.92 Å². The molecule has 0 saturated heterocycles. The first-order chi connectivity index (χ1) is 9.10. The quantitative estimate of drug-likeness (QED) is 0.768. The number of rotatable bonds is 2. The van der Waals surface area contributed by atoms with Crippen molar-refractivity contribution in [1.82, 2.24) is 9.96 Å². The first-order valence-electron chi connectivity index (χ1n) is 5.80. The van der Waals surface area contributed by atoms with E-state index in [2.05, 4.69) is 4.98 Å². The van der Waals surface area contributed by atoms with Crippen LogP contribution in [0.4, 0.5) is 0 Å². The molecule has 3 aromatic rings. The molecule has 0 atom stereocenters. The Morgan fingerprint density at radius 2 is 1.94 bits per heavy atom. The van der Waals surface area contributed by atoms with Crippen LogP contribution < -0.4 is 0 Å². The van der Waals surface area contributed by atoms with Crippen molar-refractivity contribution in [3.8, 4) is 0 Å². The summed E-state index contributed by atoms with van der Waals surface area (Å²) >= 11 is 0. The Bertz CT molecular complexity index is 841. The standard InChI is InChI=1S/C13H10N2O2S/c16-18(17,11-4-2-1-3-5-11)13-8-10-9-14-7-6-12(10)15-13/h1-9,15H/i/hD. The highest BCUT2D eigenvalue weighted by atomic mass is 32.2. The first-order valence-corrected chi connectivity index (χ1v) is 6.84. The number of fused-ring (bicyclic) bond motifs is 1. The van der Waals surface area contributed by atoms with E-state index in [0.29, 0.717) is 10.9 Å². The Labute approximate surface area is 106 Å². The Morgan fingerprint density at radius 1 is 1.17 bits per heavy atom. The van der Waals surface area contributed by atoms with Crippen LogP contribution in [0.2, 0.25) is 1.41 Å². The number of sulfone groups is 1. The summed E-state index contributed by atoms with van der Waals surface area (Å²) in [5.41, 5.74) is 0.518. The van der Waals surface area contributed by atoms with Crippen LogP contribution in [0.1, 0.15) is 0 Å². The zero-order chi connectivity index (χ0) is 13.5. The molecule has 0 fully saturated rings. The van der Waals surface area contributed by atoms with Crippen molar-refractivity contribution in [3.63, 3.8) is 0 Å². The normalized spacial score (nSPS) is 12.6. The summed E-state index contributed by atoms with van der Waals surface area (Å²) in [6.45, 7) is 0. The second-order valence-electron chi connectivity index (χ2n) is 3.85. The number of benzene rings is 1. The number of aromatic nitrogens is 2. The van der Waals surface area contributed by atoms with Crippen molar-refractivity contribution in [3.05, 3.63) is 54.9 Å². The Hall–Kier alpha value is -2.14. The zero-order valence-electron chi connectivity index (χ0n) is 10.3. The molecule has 0 amide bonds. The Kier molecular flexibility index (Phi) is 2.16. The third-order valence-corrected chi connectivity index (χ3v) is 4.32. The third kappa shape index (κ3) is 1.69. The minimum absolute atomic E-state index is 0.0540. The van der Waals surface area contributed by atoms with Crippen LogP contribution in [0.15, 0.2) is 64.8 Å². The molecule has 0 saturated carbocycles. The van der Waals surface area contributed by atoms with E-state index in [1.54, 1.807) is 30.5 Å². The maximum Gasteiger partial charge on any atom is 0.221 e. The molecule has 0 unspecified atom stereocenters. The molecule has 1 N–H and O–H groups in total. The average molecular weight is 259 g/mol. The van der Waals surface area contributed by atoms with Crippen LogP contribution in [0.5, 0.6) is 0 Å². The summed E-state index contributed by atoms with van der Waals surface area (Å²) < 4.78 is 32.9. The summed E-state index contributed by atoms with van der Waals surface area (Å²) in [5, 5.41) is 0.578. The number of H-pyrrole nitrogens is 1. The lowest BCUT2D eigenvalue weighted by molar-refractivity contribution is 0.593. The van der Waals surface area contributed by atoms with Gasteiger partial charge in [-0.15, -0.1) is 0 Å². The lowest BCUT2D eigenvalue weighted by Crippen LogP contribution is -2.01. The lowest BCUT2D eigenvalue weighted by Gasteiger charge is -2.00. The maximum absolute atomic E-state index is 12.5. The van der Waals surface area contributed by atoms with Gasteiger partial charge in [-0.25, -0.2) is 8.42 Å². The molecule has 0 radical (unpaired) electrons. The van der Waals surface area contributed by atoms with Crippen LogP contribution in [0.3, 0.4) is 0 Å². The summed E-state index contributed by atoms with van der Waals surface area (Å²) in [6.07, 6.45) is 3.08. The largest absolute Gasteiger partial charge is 0.345 e. The van der Waals surface area contributed by atoms with Gasteiger partial charge in [0.05, 0.1) is 4.90 Å². The Balaban J connectivity index is 2.28. The van der Waals surface area contributed by atoms with Crippen LogP contribution in [-0.2, 0) is 9.84 Å². The summed E-state index contributed by atoms with van der Waals surface area (Å²) in [4.78, 5) is 5.04. The average Bonchev–Trinajstić information content (AvgIpc) is 2.78. The zero-order valence-corrected chi connectivity index (χ0v) is 10.1. The van der Waals surface area contributed by atoms with E-state index >= 15 is 0 Å². The predicted molar refractivity (Wildman–Crippen MR) is 68.0 cm³/mol. The summed E-state index contributed by atoms with van der Waals surface area (Å²) in [5.74, 6) is 0. The minimum atomic E-state index is -3.68. The number of nitrogens with one attached hydrogen (secondary N) is 1. The fourth-order valence-corrected chi connectivity index (χ4v) is 3.01. The highest BCUT2D eigenvalue weighted by Gasteiger charge is 2.19. The lowest BCUT2D eigenvalue weighted by atomic mass is 10.3. The summed E-state index contributed by atoms with van der Waals surface area (Å²) in [7, 11) is -3.68. The molecule has 4 nitrogen and oxygen atoms in total. The molecule has 0 aliphatic rings. The van der Waals surface area contributed by atoms with Crippen LogP contribution >= 0.6 is 0 Å². The molecule has 3 rings (SSSR count). The van der Waals surface area contributed by atoms with Crippen molar-refractivity contribution in [2.24, 2.45) is 0 Å². The maximum atomic E-state index is 12.5. The second-order valence-corrected chi connectivity index (χ2v) is 5.74. The van der Waals surface area contributed by atoms with Crippen molar-refractivity contribution >= 4 is 20.7 Å². The van der Waals surface area contributed by atoms with Gasteiger partial charge in [0.25, 0.3) is 0 Å². The van der Waals surface area contributed by atoms with Gasteiger partial charge in [-0.3, -0.25) is 4.98 Å². The monoisotopic (exact) mass is 259 g/mol. The van der Waals surface area contributed by atoms with E-state index in [4.69, 9.17) is 1.41 Å². The van der Waals surface area contributed by atoms with Gasteiger partial charge in [0, 0.05) is 23.3 Å². The molecule has 1 aromatic carbocycles. The second kappa shape index (κ2) is 3.96. The van der Waals surface area contributed by atoms with Crippen molar-refractivity contribution in [1.29, 1.82) is 0 Å². The third-order valence-electron chi connectivity index (χ3n) is 2.67. The molecule has 2 heterocycles. The van der Waals surface area contributed by atoms with Crippen molar-refractivity contribution in [2.45, 2.75) is 9.92 Å². The highest BCUT2D eigenvalue weighted by molar-refractivity contribution is 7.91. The topological polar surface area (TPSA) is 62.8 Å². The SMILES string of the molecule is [2H]n1c(S(=O)(=O)c2ccccc2)cc2cnccc21. The molecular weight excluding hydrogens is 248 g/mol. The van der Waals surface area contributed by atoms with Gasteiger partial charge in [-0.1, -0.05) is 18.2 Å². The van der Waals surface area contributed by atoms with E-state index in [1.807, 2.05) is 0 Å².